The van der Waals surface area contributed by atoms with Crippen LogP contribution in [0.3, 0.4) is 0 Å². The molecule has 2 heterocycles. The van der Waals surface area contributed by atoms with Gasteiger partial charge in [0.05, 0.1) is 10.6 Å². The van der Waals surface area contributed by atoms with E-state index in [2.05, 4.69) is 17.2 Å². The number of thiazole rings is 1. The lowest BCUT2D eigenvalue weighted by molar-refractivity contribution is -0.120. The van der Waals surface area contributed by atoms with Crippen LogP contribution in [0, 0.1) is 17.7 Å². The van der Waals surface area contributed by atoms with Gasteiger partial charge < -0.3 is 5.32 Å². The second-order valence-electron chi connectivity index (χ2n) is 7.86. The molecular weight excluding hydrogens is 413 g/mol. The number of hydrogen-bond donors (Lipinski definition) is 1. The van der Waals surface area contributed by atoms with Crippen molar-refractivity contribution in [3.8, 4) is 0 Å². The first kappa shape index (κ1) is 20.4. The smallest absolute Gasteiger partial charge is 0.243 e. The monoisotopic (exact) mass is 437 g/mol. The van der Waals surface area contributed by atoms with Crippen LogP contribution in [0.15, 0.2) is 29.2 Å². The molecule has 0 radical (unpaired) electrons. The Balaban J connectivity index is 1.36. The molecular formula is C20H24FN3O3S2. The predicted molar refractivity (Wildman–Crippen MR) is 110 cm³/mol. The van der Waals surface area contributed by atoms with Crippen molar-refractivity contribution < 1.29 is 17.6 Å². The zero-order valence-electron chi connectivity index (χ0n) is 16.2. The van der Waals surface area contributed by atoms with E-state index in [0.717, 1.165) is 37.1 Å². The molecule has 9 heteroatoms. The van der Waals surface area contributed by atoms with Crippen molar-refractivity contribution in [2.45, 2.75) is 43.9 Å². The van der Waals surface area contributed by atoms with Gasteiger partial charge in [-0.2, -0.15) is 4.31 Å². The third kappa shape index (κ3) is 4.36. The van der Waals surface area contributed by atoms with Crippen molar-refractivity contribution in [1.82, 2.24) is 9.29 Å². The van der Waals surface area contributed by atoms with E-state index in [4.69, 9.17) is 0 Å². The number of amides is 1. The number of hydrogen-bond acceptors (Lipinski definition) is 5. The molecule has 4 rings (SSSR count). The van der Waals surface area contributed by atoms with Crippen molar-refractivity contribution in [2.75, 3.05) is 18.4 Å². The Bertz CT molecular complexity index is 996. The van der Waals surface area contributed by atoms with Gasteiger partial charge in [-0.3, -0.25) is 4.79 Å². The number of aromatic nitrogens is 1. The summed E-state index contributed by atoms with van der Waals surface area (Å²) in [6.45, 7) is 2.77. The SMILES string of the molecule is CC1CCc2nc(NC(=O)C3CCN(S(=O)(=O)c4ccc(F)cc4)CC3)sc2C1. The second-order valence-corrected chi connectivity index (χ2v) is 10.9. The summed E-state index contributed by atoms with van der Waals surface area (Å²) in [5.74, 6) is -0.158. The zero-order valence-corrected chi connectivity index (χ0v) is 17.9. The molecule has 1 aliphatic heterocycles. The lowest BCUT2D eigenvalue weighted by Crippen LogP contribution is -2.41. The summed E-state index contributed by atoms with van der Waals surface area (Å²) in [6, 6.07) is 4.83. The number of carbonyl (C=O) groups excluding carboxylic acids is 1. The maximum absolute atomic E-state index is 13.1. The van der Waals surface area contributed by atoms with E-state index in [0.29, 0.717) is 23.9 Å². The first-order valence-electron chi connectivity index (χ1n) is 9.88. The third-order valence-electron chi connectivity index (χ3n) is 5.69. The first-order chi connectivity index (χ1) is 13.8. The molecule has 2 aliphatic rings. The summed E-state index contributed by atoms with van der Waals surface area (Å²) in [5, 5.41) is 3.58. The molecule has 1 atom stereocenters. The number of aryl methyl sites for hydroxylation is 1. The molecule has 1 aliphatic carbocycles. The van der Waals surface area contributed by atoms with Gasteiger partial charge in [-0.1, -0.05) is 6.92 Å². The standard InChI is InChI=1S/C20H24FN3O3S2/c1-13-2-7-17-18(12-13)28-20(22-17)23-19(25)14-8-10-24(11-9-14)29(26,27)16-5-3-15(21)4-6-16/h3-6,13-14H,2,7-12H2,1H3,(H,22,23,25). The van der Waals surface area contributed by atoms with Crippen molar-refractivity contribution >= 4 is 32.4 Å². The number of piperidine rings is 1. The highest BCUT2D eigenvalue weighted by Gasteiger charge is 2.32. The van der Waals surface area contributed by atoms with E-state index in [1.54, 1.807) is 11.3 Å². The minimum atomic E-state index is -3.67. The number of fused-ring (bicyclic) bond motifs is 1. The third-order valence-corrected chi connectivity index (χ3v) is 8.64. The number of rotatable bonds is 4. The fourth-order valence-corrected chi connectivity index (χ4v) is 6.56. The van der Waals surface area contributed by atoms with E-state index in [9.17, 15) is 17.6 Å². The first-order valence-corrected chi connectivity index (χ1v) is 12.1. The normalized spacial score (nSPS) is 21.0. The number of benzene rings is 1. The summed E-state index contributed by atoms with van der Waals surface area (Å²) < 4.78 is 39.8. The van der Waals surface area contributed by atoms with Gasteiger partial charge in [0, 0.05) is 23.9 Å². The average Bonchev–Trinajstić information content (AvgIpc) is 3.09. The fourth-order valence-electron chi connectivity index (χ4n) is 3.91. The molecule has 29 heavy (non-hydrogen) atoms. The van der Waals surface area contributed by atoms with E-state index < -0.39 is 15.8 Å². The van der Waals surface area contributed by atoms with Crippen molar-refractivity contribution in [3.05, 3.63) is 40.7 Å². The highest BCUT2D eigenvalue weighted by Crippen LogP contribution is 2.33. The van der Waals surface area contributed by atoms with Gasteiger partial charge in [0.1, 0.15) is 5.82 Å². The second kappa shape index (κ2) is 8.12. The topological polar surface area (TPSA) is 79.4 Å². The van der Waals surface area contributed by atoms with Crippen LogP contribution in [-0.2, 0) is 27.7 Å². The highest BCUT2D eigenvalue weighted by atomic mass is 32.2. The van der Waals surface area contributed by atoms with E-state index in [1.165, 1.54) is 21.3 Å². The molecule has 1 aromatic heterocycles. The molecule has 6 nitrogen and oxygen atoms in total. The maximum atomic E-state index is 13.1. The summed E-state index contributed by atoms with van der Waals surface area (Å²) >= 11 is 1.55. The van der Waals surface area contributed by atoms with Crippen LogP contribution in [0.4, 0.5) is 9.52 Å². The van der Waals surface area contributed by atoms with Crippen molar-refractivity contribution in [2.24, 2.45) is 11.8 Å². The minimum Gasteiger partial charge on any atom is -0.302 e. The maximum Gasteiger partial charge on any atom is 0.243 e. The molecule has 0 saturated carbocycles. The molecule has 1 unspecified atom stereocenters. The number of anilines is 1. The Kier molecular flexibility index (Phi) is 5.72. The van der Waals surface area contributed by atoms with E-state index in [-0.39, 0.29) is 29.8 Å². The Morgan fingerprint density at radius 1 is 1.21 bits per heavy atom. The molecule has 1 fully saturated rings. The molecule has 1 saturated heterocycles. The Morgan fingerprint density at radius 2 is 1.90 bits per heavy atom. The number of nitrogens with zero attached hydrogens (tertiary/aromatic N) is 2. The van der Waals surface area contributed by atoms with Crippen LogP contribution in [0.1, 0.15) is 36.8 Å². The summed E-state index contributed by atoms with van der Waals surface area (Å²) in [5.41, 5.74) is 1.10. The Hall–Kier alpha value is -1.84. The number of sulfonamides is 1. The van der Waals surface area contributed by atoms with Crippen LogP contribution in [0.2, 0.25) is 0 Å². The van der Waals surface area contributed by atoms with E-state index >= 15 is 0 Å². The van der Waals surface area contributed by atoms with E-state index in [1.807, 2.05) is 0 Å². The number of nitrogens with one attached hydrogen (secondary N) is 1. The fraction of sp³-hybridized carbons (Fsp3) is 0.500. The summed E-state index contributed by atoms with van der Waals surface area (Å²) in [4.78, 5) is 18.6. The van der Waals surface area contributed by atoms with Gasteiger partial charge in [0.2, 0.25) is 15.9 Å². The van der Waals surface area contributed by atoms with Crippen LogP contribution in [0.25, 0.3) is 0 Å². The molecule has 1 aromatic carbocycles. The van der Waals surface area contributed by atoms with Crippen molar-refractivity contribution in [1.29, 1.82) is 0 Å². The lowest BCUT2D eigenvalue weighted by atomic mass is 9.93. The quantitative estimate of drug-likeness (QED) is 0.795. The molecule has 0 bridgehead atoms. The Morgan fingerprint density at radius 3 is 2.59 bits per heavy atom. The molecule has 1 amide bonds. The van der Waals surface area contributed by atoms with Crippen LogP contribution < -0.4 is 5.32 Å². The van der Waals surface area contributed by atoms with Gasteiger partial charge in [0.25, 0.3) is 0 Å². The number of halogens is 1. The van der Waals surface area contributed by atoms with Crippen molar-refractivity contribution in [3.63, 3.8) is 0 Å². The van der Waals surface area contributed by atoms with Gasteiger partial charge in [-0.15, -0.1) is 11.3 Å². The van der Waals surface area contributed by atoms with Gasteiger partial charge in [0.15, 0.2) is 5.13 Å². The summed E-state index contributed by atoms with van der Waals surface area (Å²) in [6.07, 6.45) is 4.01. The van der Waals surface area contributed by atoms with Gasteiger partial charge in [-0.25, -0.2) is 17.8 Å². The summed E-state index contributed by atoms with van der Waals surface area (Å²) in [7, 11) is -3.67. The van der Waals surface area contributed by atoms with Crippen LogP contribution >= 0.6 is 11.3 Å². The van der Waals surface area contributed by atoms with Gasteiger partial charge >= 0.3 is 0 Å². The van der Waals surface area contributed by atoms with Crippen LogP contribution in [0.5, 0.6) is 0 Å². The number of carbonyl (C=O) groups is 1. The predicted octanol–water partition coefficient (Wildman–Crippen LogP) is 3.45. The largest absolute Gasteiger partial charge is 0.302 e. The average molecular weight is 438 g/mol. The molecule has 1 N–H and O–H groups in total. The highest BCUT2D eigenvalue weighted by molar-refractivity contribution is 7.89. The molecule has 156 valence electrons. The van der Waals surface area contributed by atoms with Gasteiger partial charge in [-0.05, 0) is 62.3 Å². The Labute approximate surface area is 174 Å². The molecule has 2 aromatic rings. The van der Waals surface area contributed by atoms with Crippen LogP contribution in [-0.4, -0.2) is 36.7 Å². The zero-order chi connectivity index (χ0) is 20.6. The molecule has 0 spiro atoms. The minimum absolute atomic E-state index is 0.0735. The lowest BCUT2D eigenvalue weighted by Gasteiger charge is -2.30.